The number of nitrogens with zero attached hydrogens (tertiary/aromatic N) is 3. The molecule has 1 fully saturated rings. The zero-order valence-corrected chi connectivity index (χ0v) is 12.2. The predicted octanol–water partition coefficient (Wildman–Crippen LogP) is -0.259. The number of rotatable bonds is 4. The minimum atomic E-state index is -1.01. The van der Waals surface area contributed by atoms with Crippen molar-refractivity contribution in [3.05, 3.63) is 6.20 Å². The molecule has 2 heterocycles. The summed E-state index contributed by atoms with van der Waals surface area (Å²) in [5.41, 5.74) is 0.452. The van der Waals surface area contributed by atoms with E-state index >= 15 is 0 Å². The summed E-state index contributed by atoms with van der Waals surface area (Å²) < 4.78 is 6.57. The lowest BCUT2D eigenvalue weighted by atomic mass is 10.2. The predicted molar refractivity (Wildman–Crippen MR) is 74.8 cm³/mol. The Morgan fingerprint density at radius 3 is 3.05 bits per heavy atom. The molecule has 2 amide bonds. The molecule has 116 valence electrons. The molecule has 8 nitrogen and oxygen atoms in total. The summed E-state index contributed by atoms with van der Waals surface area (Å²) in [7, 11) is 3.18. The molecule has 0 saturated carbocycles. The number of hydrogen-bond acceptors (Lipinski definition) is 5. The summed E-state index contributed by atoms with van der Waals surface area (Å²) in [6.45, 7) is 0.390. The first-order chi connectivity index (χ1) is 10.0. The van der Waals surface area contributed by atoms with Gasteiger partial charge in [-0.1, -0.05) is 0 Å². The second-order valence-corrected chi connectivity index (χ2v) is 5.05. The van der Waals surface area contributed by atoms with E-state index in [0.29, 0.717) is 24.5 Å². The maximum atomic E-state index is 12.0. The van der Waals surface area contributed by atoms with Crippen molar-refractivity contribution < 1.29 is 19.4 Å². The molecule has 1 atom stereocenters. The third-order valence-corrected chi connectivity index (χ3v) is 3.35. The molecular formula is C13H20N4O4. The SMILES string of the molecule is COc1nn(C)cc1NC(=O)CN1CCCCC(O)C1=O. The monoisotopic (exact) mass is 296 g/mol. The lowest BCUT2D eigenvalue weighted by molar-refractivity contribution is -0.141. The minimum absolute atomic E-state index is 0.0893. The minimum Gasteiger partial charge on any atom is -0.478 e. The Morgan fingerprint density at radius 1 is 1.57 bits per heavy atom. The number of carbonyl (C=O) groups excluding carboxylic acids is 2. The zero-order valence-electron chi connectivity index (χ0n) is 12.2. The molecule has 0 bridgehead atoms. The maximum absolute atomic E-state index is 12.0. The Morgan fingerprint density at radius 2 is 2.33 bits per heavy atom. The van der Waals surface area contributed by atoms with Gasteiger partial charge in [0.25, 0.3) is 11.8 Å². The van der Waals surface area contributed by atoms with Crippen LogP contribution in [-0.4, -0.2) is 57.9 Å². The van der Waals surface area contributed by atoms with Crippen molar-refractivity contribution in [3.63, 3.8) is 0 Å². The fourth-order valence-electron chi connectivity index (χ4n) is 2.31. The van der Waals surface area contributed by atoms with E-state index in [-0.39, 0.29) is 18.4 Å². The van der Waals surface area contributed by atoms with Crippen molar-refractivity contribution in [2.75, 3.05) is 25.5 Å². The Kier molecular flexibility index (Phi) is 4.79. The van der Waals surface area contributed by atoms with Crippen LogP contribution in [0, 0.1) is 0 Å². The van der Waals surface area contributed by atoms with Crippen molar-refractivity contribution in [3.8, 4) is 5.88 Å². The van der Waals surface area contributed by atoms with Crippen molar-refractivity contribution in [2.45, 2.75) is 25.4 Å². The third kappa shape index (κ3) is 3.72. The first-order valence-corrected chi connectivity index (χ1v) is 6.85. The number of amides is 2. The average molecular weight is 296 g/mol. The van der Waals surface area contributed by atoms with Gasteiger partial charge in [-0.25, -0.2) is 0 Å². The molecule has 1 aromatic heterocycles. The standard InChI is InChI=1S/C13H20N4O4/c1-16-7-9(12(15-16)21-2)14-11(19)8-17-6-4-3-5-10(18)13(17)20/h7,10,18H,3-6,8H2,1-2H3,(H,14,19). The van der Waals surface area contributed by atoms with Crippen LogP contribution >= 0.6 is 0 Å². The summed E-state index contributed by atoms with van der Waals surface area (Å²) in [5.74, 6) is -0.419. The van der Waals surface area contributed by atoms with Crippen molar-refractivity contribution in [1.82, 2.24) is 14.7 Å². The van der Waals surface area contributed by atoms with Crippen molar-refractivity contribution >= 4 is 17.5 Å². The number of ether oxygens (including phenoxy) is 1. The van der Waals surface area contributed by atoms with Crippen LogP contribution in [-0.2, 0) is 16.6 Å². The number of carbonyl (C=O) groups is 2. The first-order valence-electron chi connectivity index (χ1n) is 6.85. The van der Waals surface area contributed by atoms with Gasteiger partial charge in [-0.3, -0.25) is 14.3 Å². The molecule has 1 saturated heterocycles. The van der Waals surface area contributed by atoms with Gasteiger partial charge in [-0.15, -0.1) is 5.10 Å². The highest BCUT2D eigenvalue weighted by Crippen LogP contribution is 2.21. The van der Waals surface area contributed by atoms with Crippen molar-refractivity contribution in [2.24, 2.45) is 7.05 Å². The molecule has 1 aromatic rings. The number of aliphatic hydroxyl groups is 1. The van der Waals surface area contributed by atoms with Gasteiger partial charge in [0.15, 0.2) is 0 Å². The summed E-state index contributed by atoms with van der Waals surface area (Å²) in [4.78, 5) is 25.3. The summed E-state index contributed by atoms with van der Waals surface area (Å²) in [6.07, 6.45) is 2.63. The van der Waals surface area contributed by atoms with E-state index in [2.05, 4.69) is 10.4 Å². The second-order valence-electron chi connectivity index (χ2n) is 5.05. The number of nitrogens with one attached hydrogen (secondary N) is 1. The lowest BCUT2D eigenvalue weighted by Gasteiger charge is -2.21. The fourth-order valence-corrected chi connectivity index (χ4v) is 2.31. The molecule has 8 heteroatoms. The van der Waals surface area contributed by atoms with E-state index < -0.39 is 6.10 Å². The van der Waals surface area contributed by atoms with E-state index in [9.17, 15) is 14.7 Å². The van der Waals surface area contributed by atoms with E-state index in [0.717, 1.165) is 12.8 Å². The molecule has 1 aliphatic rings. The van der Waals surface area contributed by atoms with E-state index in [1.165, 1.54) is 16.7 Å². The molecule has 1 aliphatic heterocycles. The molecule has 21 heavy (non-hydrogen) atoms. The normalized spacial score (nSPS) is 19.3. The number of anilines is 1. The maximum Gasteiger partial charge on any atom is 0.256 e. The van der Waals surface area contributed by atoms with Gasteiger partial charge in [-0.2, -0.15) is 0 Å². The molecular weight excluding hydrogens is 276 g/mol. The Hall–Kier alpha value is -2.09. The number of aryl methyl sites for hydroxylation is 1. The highest BCUT2D eigenvalue weighted by atomic mass is 16.5. The Bertz CT molecular complexity index is 528. The van der Waals surface area contributed by atoms with E-state index in [1.807, 2.05) is 0 Å². The van der Waals surface area contributed by atoms with Crippen LogP contribution in [0.1, 0.15) is 19.3 Å². The highest BCUT2D eigenvalue weighted by Gasteiger charge is 2.26. The van der Waals surface area contributed by atoms with Crippen LogP contribution in [0.5, 0.6) is 5.88 Å². The molecule has 0 spiro atoms. The smallest absolute Gasteiger partial charge is 0.256 e. The van der Waals surface area contributed by atoms with Gasteiger partial charge in [-0.05, 0) is 19.3 Å². The highest BCUT2D eigenvalue weighted by molar-refractivity contribution is 5.95. The lowest BCUT2D eigenvalue weighted by Crippen LogP contribution is -2.42. The van der Waals surface area contributed by atoms with Gasteiger partial charge in [0, 0.05) is 13.6 Å². The van der Waals surface area contributed by atoms with Crippen LogP contribution in [0.4, 0.5) is 5.69 Å². The summed E-state index contributed by atoms with van der Waals surface area (Å²) in [5, 5.41) is 16.4. The summed E-state index contributed by atoms with van der Waals surface area (Å²) >= 11 is 0. The van der Waals surface area contributed by atoms with Crippen LogP contribution < -0.4 is 10.1 Å². The summed E-state index contributed by atoms with van der Waals surface area (Å²) in [6, 6.07) is 0. The second kappa shape index (κ2) is 6.57. The van der Waals surface area contributed by atoms with E-state index in [1.54, 1.807) is 13.2 Å². The first kappa shape index (κ1) is 15.3. The fraction of sp³-hybridized carbons (Fsp3) is 0.615. The third-order valence-electron chi connectivity index (χ3n) is 3.35. The molecule has 0 aromatic carbocycles. The van der Waals surface area contributed by atoms with Gasteiger partial charge in [0.05, 0.1) is 19.9 Å². The van der Waals surface area contributed by atoms with Crippen molar-refractivity contribution in [1.29, 1.82) is 0 Å². The van der Waals surface area contributed by atoms with Crippen LogP contribution in [0.25, 0.3) is 0 Å². The average Bonchev–Trinajstić information content (AvgIpc) is 2.72. The molecule has 1 unspecified atom stereocenters. The number of hydrogen-bond donors (Lipinski definition) is 2. The van der Waals surface area contributed by atoms with E-state index in [4.69, 9.17) is 4.74 Å². The molecule has 0 aliphatic carbocycles. The molecule has 2 rings (SSSR count). The van der Waals surface area contributed by atoms with Crippen LogP contribution in [0.15, 0.2) is 6.20 Å². The van der Waals surface area contributed by atoms with Crippen LogP contribution in [0.3, 0.4) is 0 Å². The van der Waals surface area contributed by atoms with Crippen LogP contribution in [0.2, 0.25) is 0 Å². The Labute approximate surface area is 122 Å². The number of methoxy groups -OCH3 is 1. The zero-order chi connectivity index (χ0) is 15.4. The molecule has 2 N–H and O–H groups in total. The van der Waals surface area contributed by atoms with Gasteiger partial charge < -0.3 is 20.1 Å². The number of aliphatic hydroxyl groups excluding tert-OH is 1. The largest absolute Gasteiger partial charge is 0.478 e. The van der Waals surface area contributed by atoms with Gasteiger partial charge >= 0.3 is 0 Å². The number of aromatic nitrogens is 2. The number of likely N-dealkylation sites (tertiary alicyclic amines) is 1. The Balaban J connectivity index is 1.98. The van der Waals surface area contributed by atoms with Gasteiger partial charge in [0.1, 0.15) is 11.8 Å². The quantitative estimate of drug-likeness (QED) is 0.798. The van der Waals surface area contributed by atoms with Gasteiger partial charge in [0.2, 0.25) is 5.91 Å². The molecule has 0 radical (unpaired) electrons. The topological polar surface area (TPSA) is 96.7 Å².